The number of ether oxygens (including phenoxy) is 4. The van der Waals surface area contributed by atoms with Crippen molar-refractivity contribution in [3.63, 3.8) is 0 Å². The average Bonchev–Trinajstić information content (AvgIpc) is 3.71. The number of hydrogen-bond acceptors (Lipinski definition) is 9. The zero-order valence-electron chi connectivity index (χ0n) is 38.5. The molecular formula is C52H63N3O8PSi+. The maximum absolute atomic E-state index is 13.5. The number of aromatic amines is 1. The molecule has 6 aromatic rings. The number of nitrogens with zero attached hydrogens (tertiary/aromatic N) is 2. The number of H-pyrrole nitrogens is 1. The molecule has 0 spiro atoms. The van der Waals surface area contributed by atoms with E-state index >= 15 is 0 Å². The normalized spacial score (nSPS) is 17.7. The van der Waals surface area contributed by atoms with Crippen LogP contribution in [0, 0.1) is 6.92 Å². The van der Waals surface area contributed by atoms with E-state index in [-0.39, 0.29) is 30.7 Å². The predicted octanol–water partition coefficient (Wildman–Crippen LogP) is 8.79. The Hall–Kier alpha value is -5.17. The van der Waals surface area contributed by atoms with E-state index in [9.17, 15) is 14.5 Å². The number of aromatic nitrogens is 2. The van der Waals surface area contributed by atoms with Gasteiger partial charge in [-0.15, -0.1) is 4.67 Å². The summed E-state index contributed by atoms with van der Waals surface area (Å²) in [6, 6.07) is 47.7. The van der Waals surface area contributed by atoms with Crippen LogP contribution in [0.1, 0.15) is 79.3 Å². The Kier molecular flexibility index (Phi) is 15.7. The minimum Gasteiger partial charge on any atom is -0.497 e. The number of benzene rings is 5. The van der Waals surface area contributed by atoms with Gasteiger partial charge in [-0.3, -0.25) is 14.3 Å². The molecule has 2 heterocycles. The van der Waals surface area contributed by atoms with E-state index in [1.165, 1.54) is 21.9 Å². The first kappa shape index (κ1) is 47.8. The van der Waals surface area contributed by atoms with Gasteiger partial charge in [0.1, 0.15) is 41.7 Å². The maximum atomic E-state index is 13.5. The molecule has 1 aliphatic heterocycles. The summed E-state index contributed by atoms with van der Waals surface area (Å²) in [5.74, 6) is 1.40. The maximum Gasteiger partial charge on any atom is 0.345 e. The molecule has 342 valence electrons. The smallest absolute Gasteiger partial charge is 0.345 e. The molecule has 7 rings (SSSR count). The van der Waals surface area contributed by atoms with E-state index < -0.39 is 52.7 Å². The van der Waals surface area contributed by atoms with Crippen LogP contribution in [0.15, 0.2) is 155 Å². The van der Waals surface area contributed by atoms with Gasteiger partial charge in [0.15, 0.2) is 0 Å². The zero-order valence-corrected chi connectivity index (χ0v) is 40.8. The van der Waals surface area contributed by atoms with Gasteiger partial charge in [0.25, 0.3) is 5.56 Å². The second-order valence-corrected chi connectivity index (χ2v) is 21.8. The molecule has 1 unspecified atom stereocenters. The van der Waals surface area contributed by atoms with Gasteiger partial charge in [-0.25, -0.2) is 9.69 Å². The van der Waals surface area contributed by atoms with Crippen LogP contribution in [-0.2, 0) is 19.6 Å². The first-order valence-electron chi connectivity index (χ1n) is 22.5. The summed E-state index contributed by atoms with van der Waals surface area (Å²) in [7, 11) is -0.947. The highest BCUT2D eigenvalue weighted by molar-refractivity contribution is 7.63. The predicted molar refractivity (Wildman–Crippen MR) is 262 cm³/mol. The molecule has 1 saturated heterocycles. The van der Waals surface area contributed by atoms with Crippen LogP contribution < -0.4 is 20.7 Å². The first-order chi connectivity index (χ1) is 31.4. The first-order valence-corrected chi connectivity index (χ1v) is 26.1. The van der Waals surface area contributed by atoms with E-state index in [0.717, 1.165) is 22.7 Å². The highest BCUT2D eigenvalue weighted by atomic mass is 31.2. The van der Waals surface area contributed by atoms with Crippen LogP contribution in [0.2, 0.25) is 6.04 Å². The van der Waals surface area contributed by atoms with Gasteiger partial charge in [-0.2, -0.15) is 4.52 Å². The number of rotatable bonds is 20. The fourth-order valence-corrected chi connectivity index (χ4v) is 15.9. The standard InChI is InChI=1S/C52H62N3O8PSi/c1-36(2)55(37(3)4)64(58,31-32-65-49(39-17-11-8-12-18-39)40-19-13-9-14-20-40)63-46-33-48(54-34-38(5)50(56)53-51(54)57)62-47(46)35-61-52(41-21-15-10-16-22-41,42-23-27-44(59-6)28-24-42)43-25-29-45(60-7)30-26-43/h8-30,34,36-37,46-49,58H,31-33,35,65H2,1-7H3/p+1/t46-,47+,48+,64?/m0/s1. The van der Waals surface area contributed by atoms with Gasteiger partial charge < -0.3 is 18.9 Å². The number of aryl methyl sites for hydroxylation is 1. The lowest BCUT2D eigenvalue weighted by molar-refractivity contribution is -0.0929. The van der Waals surface area contributed by atoms with Gasteiger partial charge in [0.05, 0.1) is 20.8 Å². The molecule has 1 fully saturated rings. The molecule has 4 atom stereocenters. The van der Waals surface area contributed by atoms with Gasteiger partial charge in [0, 0.05) is 39.8 Å². The minimum atomic E-state index is -3.36. The van der Waals surface area contributed by atoms with Crippen molar-refractivity contribution < 1.29 is 28.4 Å². The lowest BCUT2D eigenvalue weighted by Crippen LogP contribution is -2.42. The Morgan fingerprint density at radius 2 is 1.26 bits per heavy atom. The highest BCUT2D eigenvalue weighted by Crippen LogP contribution is 2.64. The van der Waals surface area contributed by atoms with E-state index in [0.29, 0.717) is 23.2 Å². The van der Waals surface area contributed by atoms with Crippen molar-refractivity contribution in [3.8, 4) is 11.5 Å². The van der Waals surface area contributed by atoms with Crippen molar-refractivity contribution in [1.82, 2.24) is 14.2 Å². The van der Waals surface area contributed by atoms with Crippen molar-refractivity contribution in [1.29, 1.82) is 0 Å². The summed E-state index contributed by atoms with van der Waals surface area (Å²) < 4.78 is 36.2. The average molecular weight is 917 g/mol. The Balaban J connectivity index is 1.29. The van der Waals surface area contributed by atoms with Crippen molar-refractivity contribution in [2.45, 2.75) is 88.7 Å². The van der Waals surface area contributed by atoms with Crippen LogP contribution in [0.25, 0.3) is 0 Å². The molecule has 0 radical (unpaired) electrons. The summed E-state index contributed by atoms with van der Waals surface area (Å²) in [5.41, 5.74) is 3.55. The third-order valence-electron chi connectivity index (χ3n) is 12.3. The highest BCUT2D eigenvalue weighted by Gasteiger charge is 2.54. The molecule has 11 nitrogen and oxygen atoms in total. The van der Waals surface area contributed by atoms with Crippen LogP contribution in [-0.4, -0.2) is 79.9 Å². The molecular weight excluding hydrogens is 854 g/mol. The number of hydrogen-bond donors (Lipinski definition) is 2. The Morgan fingerprint density at radius 1 is 0.769 bits per heavy atom. The zero-order chi connectivity index (χ0) is 46.1. The quantitative estimate of drug-likeness (QED) is 0.0440. The number of methoxy groups -OCH3 is 2. The van der Waals surface area contributed by atoms with Crippen molar-refractivity contribution in [2.75, 3.05) is 27.0 Å². The Labute approximate surface area is 385 Å². The van der Waals surface area contributed by atoms with Crippen LogP contribution in [0.4, 0.5) is 0 Å². The van der Waals surface area contributed by atoms with Gasteiger partial charge in [-0.1, -0.05) is 115 Å². The Bertz CT molecular complexity index is 2450. The molecule has 5 aromatic carbocycles. The fraction of sp³-hybridized carbons (Fsp3) is 0.346. The Morgan fingerprint density at radius 3 is 1.75 bits per heavy atom. The van der Waals surface area contributed by atoms with E-state index in [1.807, 2.05) is 91.0 Å². The largest absolute Gasteiger partial charge is 0.497 e. The van der Waals surface area contributed by atoms with Crippen LogP contribution in [0.3, 0.4) is 0 Å². The van der Waals surface area contributed by atoms with Gasteiger partial charge in [0.2, 0.25) is 0 Å². The molecule has 2 N–H and O–H groups in total. The molecule has 0 saturated carbocycles. The van der Waals surface area contributed by atoms with Crippen molar-refractivity contribution in [3.05, 3.63) is 200 Å². The topological polar surface area (TPSA) is 124 Å². The van der Waals surface area contributed by atoms with Crippen LogP contribution >= 0.6 is 7.87 Å². The molecule has 0 amide bonds. The van der Waals surface area contributed by atoms with E-state index in [2.05, 4.69) is 85.9 Å². The molecule has 13 heteroatoms. The molecule has 0 aliphatic carbocycles. The lowest BCUT2D eigenvalue weighted by atomic mass is 9.80. The summed E-state index contributed by atoms with van der Waals surface area (Å²) >= 11 is 0. The summed E-state index contributed by atoms with van der Waals surface area (Å²) in [6.45, 7) is 10.0. The van der Waals surface area contributed by atoms with Crippen molar-refractivity contribution >= 4 is 17.4 Å². The monoisotopic (exact) mass is 916 g/mol. The summed E-state index contributed by atoms with van der Waals surface area (Å²) in [5, 5.41) is 0. The molecule has 65 heavy (non-hydrogen) atoms. The second kappa shape index (κ2) is 21.4. The summed E-state index contributed by atoms with van der Waals surface area (Å²) in [6.07, 6.45) is -0.0696. The lowest BCUT2D eigenvalue weighted by Gasteiger charge is -2.38. The minimum absolute atomic E-state index is 0.00734. The van der Waals surface area contributed by atoms with E-state index in [1.54, 1.807) is 21.1 Å². The summed E-state index contributed by atoms with van der Waals surface area (Å²) in [4.78, 5) is 41.8. The molecule has 1 aliphatic rings. The van der Waals surface area contributed by atoms with Gasteiger partial charge >= 0.3 is 13.6 Å². The van der Waals surface area contributed by atoms with Crippen molar-refractivity contribution in [2.24, 2.45) is 0 Å². The second-order valence-electron chi connectivity index (χ2n) is 17.3. The molecule has 1 aromatic heterocycles. The number of nitrogens with one attached hydrogen (secondary N) is 1. The van der Waals surface area contributed by atoms with Crippen LogP contribution in [0.5, 0.6) is 11.5 Å². The SMILES string of the molecule is COc1ccc(C(OC[C@H]2O[C@@H](n3cc(C)c(=O)[nH]c3=O)C[C@@H]2O[P+](O)(CC[SiH2]C(c2ccccc2)c2ccccc2)N(C(C)C)C(C)C)(c2ccccc2)c2ccc(OC)cc2)cc1. The third-order valence-corrected chi connectivity index (χ3v) is 18.4. The molecule has 0 bridgehead atoms. The third kappa shape index (κ3) is 10.8. The van der Waals surface area contributed by atoms with Gasteiger partial charge in [-0.05, 0) is 98.3 Å². The van der Waals surface area contributed by atoms with E-state index in [4.69, 9.17) is 23.5 Å². The fourth-order valence-electron chi connectivity index (χ4n) is 9.37.